The molecule has 1 heterocycles. The molecule has 0 aliphatic heterocycles. The first-order chi connectivity index (χ1) is 9.39. The van der Waals surface area contributed by atoms with Crippen LogP contribution in [0, 0.1) is 12.3 Å². The minimum absolute atomic E-state index is 0.0285. The van der Waals surface area contributed by atoms with E-state index in [4.69, 9.17) is 11.5 Å². The number of aryl methyl sites for hydroxylation is 1. The van der Waals surface area contributed by atoms with Crippen molar-refractivity contribution in [3.8, 4) is 12.3 Å². The average Bonchev–Trinajstić information content (AvgIpc) is 2.85. The van der Waals surface area contributed by atoms with E-state index in [1.54, 1.807) is 0 Å². The Morgan fingerprint density at radius 3 is 2.90 bits per heavy atom. The fourth-order valence-electron chi connectivity index (χ4n) is 1.54. The van der Waals surface area contributed by atoms with Crippen LogP contribution in [-0.2, 0) is 21.4 Å². The minimum Gasteiger partial charge on any atom is -0.481 e. The molecule has 0 saturated carbocycles. The van der Waals surface area contributed by atoms with Crippen molar-refractivity contribution < 1.29 is 18.3 Å². The fourth-order valence-corrected chi connectivity index (χ4v) is 2.68. The van der Waals surface area contributed by atoms with Crippen LogP contribution in [0.2, 0.25) is 0 Å². The highest BCUT2D eigenvalue weighted by atomic mass is 32.2. The van der Waals surface area contributed by atoms with Crippen molar-refractivity contribution in [2.75, 3.05) is 0 Å². The van der Waals surface area contributed by atoms with Gasteiger partial charge < -0.3 is 5.11 Å². The first-order valence-electron chi connectivity index (χ1n) is 6.11. The predicted octanol–water partition coefficient (Wildman–Crippen LogP) is 0.438. The smallest absolute Gasteiger partial charge is 0.305 e. The lowest BCUT2D eigenvalue weighted by molar-refractivity contribution is -0.137. The van der Waals surface area contributed by atoms with Crippen LogP contribution in [0.5, 0.6) is 0 Å². The zero-order valence-corrected chi connectivity index (χ0v) is 11.9. The van der Waals surface area contributed by atoms with Gasteiger partial charge in [0.15, 0.2) is 0 Å². The zero-order valence-electron chi connectivity index (χ0n) is 11.1. The van der Waals surface area contributed by atoms with Crippen LogP contribution in [0.4, 0.5) is 0 Å². The topological polar surface area (TPSA) is 101 Å². The first kappa shape index (κ1) is 16.2. The molecule has 110 valence electrons. The van der Waals surface area contributed by atoms with Crippen molar-refractivity contribution in [1.29, 1.82) is 0 Å². The molecule has 0 saturated heterocycles. The second-order valence-corrected chi connectivity index (χ2v) is 5.93. The van der Waals surface area contributed by atoms with Crippen LogP contribution < -0.4 is 4.72 Å². The predicted molar refractivity (Wildman–Crippen MR) is 72.3 cm³/mol. The van der Waals surface area contributed by atoms with Gasteiger partial charge in [0, 0.05) is 6.20 Å². The number of nitrogens with one attached hydrogen (secondary N) is 1. The summed E-state index contributed by atoms with van der Waals surface area (Å²) in [6, 6.07) is -0.563. The summed E-state index contributed by atoms with van der Waals surface area (Å²) in [4.78, 5) is 10.4. The van der Waals surface area contributed by atoms with Crippen LogP contribution in [0.15, 0.2) is 17.3 Å². The maximum Gasteiger partial charge on any atom is 0.305 e. The Bertz CT molecular complexity index is 600. The summed E-state index contributed by atoms with van der Waals surface area (Å²) in [6.45, 7) is 2.01. The Morgan fingerprint density at radius 2 is 2.35 bits per heavy atom. The molecule has 1 atom stereocenters. The molecular formula is C12H17N3O4S. The molecule has 7 nitrogen and oxygen atoms in total. The second kappa shape index (κ2) is 7.07. The highest BCUT2D eigenvalue weighted by molar-refractivity contribution is 7.89. The molecule has 0 amide bonds. The number of aromatic nitrogens is 2. The maximum absolute atomic E-state index is 12.1. The third-order valence-electron chi connectivity index (χ3n) is 2.55. The Labute approximate surface area is 118 Å². The normalized spacial score (nSPS) is 12.8. The number of nitrogens with zero attached hydrogens (tertiary/aromatic N) is 2. The molecule has 0 spiro atoms. The summed E-state index contributed by atoms with van der Waals surface area (Å²) in [5, 5.41) is 12.4. The quantitative estimate of drug-likeness (QED) is 0.678. The van der Waals surface area contributed by atoms with E-state index in [0.29, 0.717) is 6.42 Å². The Kier molecular flexibility index (Phi) is 5.73. The monoisotopic (exact) mass is 299 g/mol. The molecule has 0 fully saturated rings. The van der Waals surface area contributed by atoms with Gasteiger partial charge in [-0.15, -0.1) is 6.42 Å². The molecule has 1 rings (SSSR count). The van der Waals surface area contributed by atoms with E-state index in [0.717, 1.165) is 6.42 Å². The highest BCUT2D eigenvalue weighted by Crippen LogP contribution is 2.09. The summed E-state index contributed by atoms with van der Waals surface area (Å²) < 4.78 is 27.8. The number of carboxylic acid groups (broad SMARTS) is 1. The zero-order chi connectivity index (χ0) is 15.2. The molecule has 0 aliphatic rings. The average molecular weight is 299 g/mol. The second-order valence-electron chi connectivity index (χ2n) is 4.21. The number of hydrogen-bond acceptors (Lipinski definition) is 4. The minimum atomic E-state index is -3.73. The summed E-state index contributed by atoms with van der Waals surface area (Å²) in [6.07, 6.45) is 8.90. The summed E-state index contributed by atoms with van der Waals surface area (Å²) in [7, 11) is -3.73. The van der Waals surface area contributed by atoms with Crippen molar-refractivity contribution in [3.05, 3.63) is 12.4 Å². The standard InChI is InChI=1S/C12H17N3O4S/c1-3-5-10(4-2)14-20(18,19)11-8-13-15(9-11)7-6-12(16)17/h2,8-10,14H,3,5-7H2,1H3,(H,16,17). The van der Waals surface area contributed by atoms with Gasteiger partial charge >= 0.3 is 5.97 Å². The van der Waals surface area contributed by atoms with Crippen molar-refractivity contribution in [1.82, 2.24) is 14.5 Å². The third-order valence-corrected chi connectivity index (χ3v) is 3.98. The number of carbonyl (C=O) groups is 1. The molecule has 1 aromatic rings. The van der Waals surface area contributed by atoms with Gasteiger partial charge in [-0.25, -0.2) is 8.42 Å². The lowest BCUT2D eigenvalue weighted by Gasteiger charge is -2.11. The number of carboxylic acids is 1. The van der Waals surface area contributed by atoms with Gasteiger partial charge in [0.1, 0.15) is 4.90 Å². The van der Waals surface area contributed by atoms with Gasteiger partial charge in [-0.2, -0.15) is 9.82 Å². The molecular weight excluding hydrogens is 282 g/mol. The SMILES string of the molecule is C#CC(CCC)NS(=O)(=O)c1cnn(CCC(=O)O)c1. The Hall–Kier alpha value is -1.85. The Balaban J connectivity index is 2.78. The van der Waals surface area contributed by atoms with Gasteiger partial charge in [0.05, 0.1) is 25.2 Å². The van der Waals surface area contributed by atoms with Crippen LogP contribution >= 0.6 is 0 Å². The van der Waals surface area contributed by atoms with E-state index in [1.165, 1.54) is 17.1 Å². The highest BCUT2D eigenvalue weighted by Gasteiger charge is 2.20. The Morgan fingerprint density at radius 1 is 1.65 bits per heavy atom. The van der Waals surface area contributed by atoms with Gasteiger partial charge in [-0.1, -0.05) is 19.3 Å². The van der Waals surface area contributed by atoms with Crippen molar-refractivity contribution in [2.24, 2.45) is 0 Å². The molecule has 2 N–H and O–H groups in total. The van der Waals surface area contributed by atoms with Gasteiger partial charge in [-0.05, 0) is 6.42 Å². The van der Waals surface area contributed by atoms with Gasteiger partial charge in [0.2, 0.25) is 10.0 Å². The number of sulfonamides is 1. The summed E-state index contributed by atoms with van der Waals surface area (Å²) >= 11 is 0. The molecule has 0 aromatic carbocycles. The number of aliphatic carboxylic acids is 1. The lowest BCUT2D eigenvalue weighted by Crippen LogP contribution is -2.33. The van der Waals surface area contributed by atoms with Crippen molar-refractivity contribution >= 4 is 16.0 Å². The van der Waals surface area contributed by atoms with E-state index >= 15 is 0 Å². The summed E-state index contributed by atoms with van der Waals surface area (Å²) in [5.41, 5.74) is 0. The molecule has 1 aromatic heterocycles. The van der Waals surface area contributed by atoms with E-state index in [1.807, 2.05) is 6.92 Å². The molecule has 20 heavy (non-hydrogen) atoms. The van der Waals surface area contributed by atoms with Crippen LogP contribution in [0.3, 0.4) is 0 Å². The van der Waals surface area contributed by atoms with E-state index in [9.17, 15) is 13.2 Å². The number of hydrogen-bond donors (Lipinski definition) is 2. The van der Waals surface area contributed by atoms with Gasteiger partial charge in [0.25, 0.3) is 0 Å². The lowest BCUT2D eigenvalue weighted by atomic mass is 10.2. The fraction of sp³-hybridized carbons (Fsp3) is 0.500. The van der Waals surface area contributed by atoms with Crippen molar-refractivity contribution in [2.45, 2.75) is 43.7 Å². The third kappa shape index (κ3) is 4.68. The maximum atomic E-state index is 12.1. The number of rotatable bonds is 8. The van der Waals surface area contributed by atoms with Crippen LogP contribution in [0.25, 0.3) is 0 Å². The van der Waals surface area contributed by atoms with Crippen LogP contribution in [-0.4, -0.2) is 35.3 Å². The first-order valence-corrected chi connectivity index (χ1v) is 7.60. The van der Waals surface area contributed by atoms with E-state index in [2.05, 4.69) is 15.7 Å². The molecule has 8 heteroatoms. The van der Waals surface area contributed by atoms with Crippen molar-refractivity contribution in [3.63, 3.8) is 0 Å². The summed E-state index contributed by atoms with van der Waals surface area (Å²) in [5.74, 6) is 1.41. The van der Waals surface area contributed by atoms with E-state index < -0.39 is 22.0 Å². The number of terminal acetylenes is 1. The molecule has 1 unspecified atom stereocenters. The molecule has 0 radical (unpaired) electrons. The van der Waals surface area contributed by atoms with E-state index in [-0.39, 0.29) is 17.9 Å². The largest absolute Gasteiger partial charge is 0.481 e. The molecule has 0 aliphatic carbocycles. The molecule has 0 bridgehead atoms. The van der Waals surface area contributed by atoms with Gasteiger partial charge in [-0.3, -0.25) is 9.48 Å². The van der Waals surface area contributed by atoms with Crippen LogP contribution in [0.1, 0.15) is 26.2 Å².